The van der Waals surface area contributed by atoms with E-state index in [1.165, 1.54) is 6.42 Å². The summed E-state index contributed by atoms with van der Waals surface area (Å²) in [5, 5.41) is 7.08. The van der Waals surface area contributed by atoms with Gasteiger partial charge in [0.15, 0.2) is 0 Å². The predicted octanol–water partition coefficient (Wildman–Crippen LogP) is 5.90. The molecule has 4 rings (SSSR count). The monoisotopic (exact) mass is 476 g/mol. The number of rotatable bonds is 10. The molecule has 0 spiro atoms. The summed E-state index contributed by atoms with van der Waals surface area (Å²) in [5.41, 5.74) is 3.05. The number of benzene rings is 1. The molecule has 1 fully saturated rings. The zero-order valence-corrected chi connectivity index (χ0v) is 21.0. The second kappa shape index (κ2) is 11.3. The number of unbranched alkanes of at least 4 members (excludes halogenated alkanes) is 3. The molecule has 8 heteroatoms. The van der Waals surface area contributed by atoms with Crippen LogP contribution >= 0.6 is 0 Å². The van der Waals surface area contributed by atoms with Gasteiger partial charge in [-0.2, -0.15) is 4.98 Å². The summed E-state index contributed by atoms with van der Waals surface area (Å²) in [6.07, 6.45) is 11.1. The first-order valence-corrected chi connectivity index (χ1v) is 12.7. The molecular weight excluding hydrogens is 440 g/mol. The van der Waals surface area contributed by atoms with Gasteiger partial charge in [-0.25, -0.2) is 4.98 Å². The molecule has 2 amide bonds. The Morgan fingerprint density at radius 3 is 2.46 bits per heavy atom. The van der Waals surface area contributed by atoms with Crippen LogP contribution in [0, 0.1) is 0 Å². The molecule has 3 aromatic rings. The lowest BCUT2D eigenvalue weighted by Gasteiger charge is -2.19. The number of anilines is 3. The van der Waals surface area contributed by atoms with Crippen LogP contribution in [0.1, 0.15) is 81.2 Å². The fourth-order valence-electron chi connectivity index (χ4n) is 4.70. The number of aromatic nitrogens is 3. The van der Waals surface area contributed by atoms with Crippen molar-refractivity contribution in [3.63, 3.8) is 0 Å². The number of amides is 2. The molecule has 0 unspecified atom stereocenters. The van der Waals surface area contributed by atoms with Gasteiger partial charge < -0.3 is 20.1 Å². The Balaban J connectivity index is 1.49. The number of carbonyl (C=O) groups excluding carboxylic acids is 2. The Bertz CT molecular complexity index is 1160. The zero-order valence-electron chi connectivity index (χ0n) is 21.0. The Morgan fingerprint density at radius 2 is 1.77 bits per heavy atom. The van der Waals surface area contributed by atoms with E-state index in [9.17, 15) is 9.59 Å². The number of nitrogens with one attached hydrogen (secondary N) is 2. The average molecular weight is 477 g/mol. The minimum absolute atomic E-state index is 0.0209. The van der Waals surface area contributed by atoms with Crippen LogP contribution in [0.15, 0.2) is 36.5 Å². The van der Waals surface area contributed by atoms with Crippen LogP contribution in [0.3, 0.4) is 0 Å². The second-order valence-electron chi connectivity index (χ2n) is 9.57. The van der Waals surface area contributed by atoms with Gasteiger partial charge >= 0.3 is 0 Å². The van der Waals surface area contributed by atoms with Crippen molar-refractivity contribution >= 4 is 40.2 Å². The molecule has 0 bridgehead atoms. The molecule has 1 aromatic carbocycles. The van der Waals surface area contributed by atoms with Crippen molar-refractivity contribution in [2.24, 2.45) is 0 Å². The molecule has 0 radical (unpaired) electrons. The third kappa shape index (κ3) is 5.99. The van der Waals surface area contributed by atoms with Gasteiger partial charge in [0.05, 0.1) is 0 Å². The number of hydrogen-bond donors (Lipinski definition) is 2. The van der Waals surface area contributed by atoms with Gasteiger partial charge in [0.2, 0.25) is 11.9 Å². The largest absolute Gasteiger partial charge is 0.343 e. The molecule has 186 valence electrons. The lowest BCUT2D eigenvalue weighted by Crippen LogP contribution is -2.25. The molecule has 1 aliphatic rings. The number of carbonyl (C=O) groups is 2. The Kier molecular flexibility index (Phi) is 8.00. The van der Waals surface area contributed by atoms with Crippen molar-refractivity contribution in [1.82, 2.24) is 19.4 Å². The first-order valence-electron chi connectivity index (χ1n) is 12.7. The molecular formula is C27H36N6O2. The quantitative estimate of drug-likeness (QED) is 0.355. The maximum absolute atomic E-state index is 12.9. The van der Waals surface area contributed by atoms with E-state index in [1.54, 1.807) is 25.2 Å². The van der Waals surface area contributed by atoms with Crippen molar-refractivity contribution in [1.29, 1.82) is 0 Å². The van der Waals surface area contributed by atoms with Crippen molar-refractivity contribution in [2.45, 2.75) is 70.8 Å². The van der Waals surface area contributed by atoms with E-state index >= 15 is 0 Å². The van der Waals surface area contributed by atoms with E-state index < -0.39 is 0 Å². The maximum Gasteiger partial charge on any atom is 0.270 e. The lowest BCUT2D eigenvalue weighted by atomic mass is 10.1. The van der Waals surface area contributed by atoms with Crippen molar-refractivity contribution in [3.8, 4) is 0 Å². The molecule has 1 saturated carbocycles. The topological polar surface area (TPSA) is 92.1 Å². The minimum atomic E-state index is -0.0209. The van der Waals surface area contributed by atoms with E-state index in [0.717, 1.165) is 67.4 Å². The van der Waals surface area contributed by atoms with Gasteiger partial charge in [-0.05, 0) is 49.6 Å². The summed E-state index contributed by atoms with van der Waals surface area (Å²) in [6, 6.07) is 9.73. The third-order valence-corrected chi connectivity index (χ3v) is 6.57. The highest BCUT2D eigenvalue weighted by atomic mass is 16.2. The average Bonchev–Trinajstić information content (AvgIpc) is 3.50. The Hall–Kier alpha value is -3.42. The Morgan fingerprint density at radius 1 is 1.06 bits per heavy atom. The van der Waals surface area contributed by atoms with Gasteiger partial charge in [-0.15, -0.1) is 0 Å². The summed E-state index contributed by atoms with van der Waals surface area (Å²) in [7, 11) is 3.55. The van der Waals surface area contributed by atoms with E-state index in [-0.39, 0.29) is 17.9 Å². The second-order valence-corrected chi connectivity index (χ2v) is 9.57. The van der Waals surface area contributed by atoms with E-state index in [1.807, 2.05) is 30.3 Å². The van der Waals surface area contributed by atoms with Gasteiger partial charge in [-0.1, -0.05) is 39.0 Å². The number of fused-ring (bicyclic) bond motifs is 1. The summed E-state index contributed by atoms with van der Waals surface area (Å²) in [6.45, 7) is 2.16. The van der Waals surface area contributed by atoms with Gasteiger partial charge in [-0.3, -0.25) is 9.59 Å². The standard InChI is InChI=1S/C27H36N6O2/c1-4-5-6-7-12-24(34)29-20-13-15-21(16-14-20)30-27-28-18-19-17-23(26(35)32(2)3)33(25(19)31-27)22-10-8-9-11-22/h13-18,22H,4-12H2,1-3H3,(H,29,34)(H,28,30,31). The third-order valence-electron chi connectivity index (χ3n) is 6.57. The molecule has 0 aliphatic heterocycles. The zero-order chi connectivity index (χ0) is 24.8. The van der Waals surface area contributed by atoms with Crippen LogP contribution in [0.25, 0.3) is 11.0 Å². The van der Waals surface area contributed by atoms with E-state index in [2.05, 4.69) is 27.1 Å². The number of nitrogens with zero attached hydrogens (tertiary/aromatic N) is 4. The first-order chi connectivity index (χ1) is 17.0. The highest BCUT2D eigenvalue weighted by molar-refractivity contribution is 5.98. The minimum Gasteiger partial charge on any atom is -0.343 e. The Labute approximate surface area is 207 Å². The number of hydrogen-bond acceptors (Lipinski definition) is 5. The fraction of sp³-hybridized carbons (Fsp3) is 0.481. The first kappa shape index (κ1) is 24.7. The highest BCUT2D eigenvalue weighted by Gasteiger charge is 2.26. The molecule has 1 aliphatic carbocycles. The van der Waals surface area contributed by atoms with Crippen LogP contribution in [0.5, 0.6) is 0 Å². The SMILES string of the molecule is CCCCCCC(=O)Nc1ccc(Nc2ncc3cc(C(=O)N(C)C)n(C4CCCC4)c3n2)cc1. The van der Waals surface area contributed by atoms with Crippen molar-refractivity contribution < 1.29 is 9.59 Å². The summed E-state index contributed by atoms with van der Waals surface area (Å²) < 4.78 is 2.11. The molecule has 2 N–H and O–H groups in total. The van der Waals surface area contributed by atoms with Gasteiger partial charge in [0, 0.05) is 49.5 Å². The summed E-state index contributed by atoms with van der Waals surface area (Å²) in [5.74, 6) is 0.505. The van der Waals surface area contributed by atoms with Crippen LogP contribution in [0.2, 0.25) is 0 Å². The normalized spacial score (nSPS) is 13.8. The van der Waals surface area contributed by atoms with Crippen LogP contribution < -0.4 is 10.6 Å². The predicted molar refractivity (Wildman–Crippen MR) is 140 cm³/mol. The highest BCUT2D eigenvalue weighted by Crippen LogP contribution is 2.35. The van der Waals surface area contributed by atoms with E-state index in [0.29, 0.717) is 18.1 Å². The van der Waals surface area contributed by atoms with Crippen LogP contribution in [-0.4, -0.2) is 45.3 Å². The van der Waals surface area contributed by atoms with E-state index in [4.69, 9.17) is 4.98 Å². The molecule has 2 aromatic heterocycles. The van der Waals surface area contributed by atoms with Crippen molar-refractivity contribution in [2.75, 3.05) is 24.7 Å². The van der Waals surface area contributed by atoms with Crippen molar-refractivity contribution in [3.05, 3.63) is 42.2 Å². The van der Waals surface area contributed by atoms with Crippen LogP contribution in [0.4, 0.5) is 17.3 Å². The molecule has 0 atom stereocenters. The van der Waals surface area contributed by atoms with Crippen LogP contribution in [-0.2, 0) is 4.79 Å². The molecule has 35 heavy (non-hydrogen) atoms. The maximum atomic E-state index is 12.9. The summed E-state index contributed by atoms with van der Waals surface area (Å²) >= 11 is 0. The molecule has 2 heterocycles. The smallest absolute Gasteiger partial charge is 0.270 e. The van der Waals surface area contributed by atoms with Gasteiger partial charge in [0.25, 0.3) is 5.91 Å². The summed E-state index contributed by atoms with van der Waals surface area (Å²) in [4.78, 5) is 35.9. The molecule has 0 saturated heterocycles. The van der Waals surface area contributed by atoms with Gasteiger partial charge in [0.1, 0.15) is 11.3 Å². The molecule has 8 nitrogen and oxygen atoms in total. The lowest BCUT2D eigenvalue weighted by molar-refractivity contribution is -0.116. The fourth-order valence-corrected chi connectivity index (χ4v) is 4.70.